The number of aryl methyl sites for hydroxylation is 2. The second-order valence-electron chi connectivity index (χ2n) is 7.94. The highest BCUT2D eigenvalue weighted by molar-refractivity contribution is 9.10. The quantitative estimate of drug-likeness (QED) is 0.407. The van der Waals surface area contributed by atoms with Gasteiger partial charge in [0.25, 0.3) is 5.91 Å². The summed E-state index contributed by atoms with van der Waals surface area (Å²) in [7, 11) is 0. The number of hydrogen-bond acceptors (Lipinski definition) is 3. The smallest absolute Gasteiger partial charge is 0.255 e. The van der Waals surface area contributed by atoms with Crippen LogP contribution in [0.5, 0.6) is 5.75 Å². The molecule has 0 saturated carbocycles. The lowest BCUT2D eigenvalue weighted by molar-refractivity contribution is 0.0732. The highest BCUT2D eigenvalue weighted by Gasteiger charge is 2.23. The fourth-order valence-electron chi connectivity index (χ4n) is 4.02. The van der Waals surface area contributed by atoms with Gasteiger partial charge in [0.2, 0.25) is 0 Å². The van der Waals surface area contributed by atoms with E-state index in [1.807, 2.05) is 43.0 Å². The molecule has 1 aromatic heterocycles. The van der Waals surface area contributed by atoms with Crippen molar-refractivity contribution in [3.8, 4) is 16.9 Å². The first kappa shape index (κ1) is 19.8. The van der Waals surface area contributed by atoms with Gasteiger partial charge >= 0.3 is 0 Å². The van der Waals surface area contributed by atoms with Gasteiger partial charge in [0.05, 0.1) is 23.1 Å². The van der Waals surface area contributed by atoms with Crippen LogP contribution in [0.3, 0.4) is 0 Å². The highest BCUT2D eigenvalue weighted by Crippen LogP contribution is 2.31. The molecule has 1 aliphatic heterocycles. The Hall–Kier alpha value is -3.12. The molecule has 0 bridgehead atoms. The number of imidazole rings is 1. The topological polar surface area (TPSA) is 58.2 Å². The van der Waals surface area contributed by atoms with E-state index in [1.165, 1.54) is 0 Å². The summed E-state index contributed by atoms with van der Waals surface area (Å²) in [4.78, 5) is 22.9. The minimum atomic E-state index is 0.00199. The normalized spacial score (nSPS) is 13.6. The lowest BCUT2D eigenvalue weighted by Gasteiger charge is -2.21. The Kier molecular flexibility index (Phi) is 5.02. The fourth-order valence-corrected chi connectivity index (χ4v) is 4.69. The summed E-state index contributed by atoms with van der Waals surface area (Å²) in [5, 5.41) is 0. The molecule has 0 radical (unpaired) electrons. The van der Waals surface area contributed by atoms with Gasteiger partial charge in [0, 0.05) is 16.6 Å². The Morgan fingerprint density at radius 2 is 1.87 bits per heavy atom. The van der Waals surface area contributed by atoms with Crippen molar-refractivity contribution in [3.63, 3.8) is 0 Å². The largest absolute Gasteiger partial charge is 0.491 e. The Balaban J connectivity index is 1.47. The predicted octanol–water partition coefficient (Wildman–Crippen LogP) is 5.64. The highest BCUT2D eigenvalue weighted by atomic mass is 79.9. The molecule has 31 heavy (non-hydrogen) atoms. The van der Waals surface area contributed by atoms with Crippen molar-refractivity contribution in [2.24, 2.45) is 0 Å². The van der Waals surface area contributed by atoms with Gasteiger partial charge in [-0.2, -0.15) is 0 Å². The third kappa shape index (κ3) is 3.83. The number of benzene rings is 3. The number of fused-ring (bicyclic) bond motifs is 2. The molecular formula is C25H22BrN3O2. The first-order valence-corrected chi connectivity index (χ1v) is 11.0. The first-order chi connectivity index (χ1) is 15.0. The van der Waals surface area contributed by atoms with E-state index < -0.39 is 0 Å². The molecule has 0 saturated heterocycles. The molecule has 0 atom stereocenters. The van der Waals surface area contributed by atoms with Crippen LogP contribution in [-0.2, 0) is 6.54 Å². The van der Waals surface area contributed by atoms with Gasteiger partial charge in [-0.1, -0.05) is 18.2 Å². The van der Waals surface area contributed by atoms with Crippen LogP contribution in [0.1, 0.15) is 27.3 Å². The lowest BCUT2D eigenvalue weighted by Crippen LogP contribution is -2.32. The van der Waals surface area contributed by atoms with Crippen molar-refractivity contribution in [2.75, 3.05) is 13.2 Å². The average molecular weight is 476 g/mol. The molecule has 5 rings (SSSR count). The Labute approximate surface area is 189 Å². The summed E-state index contributed by atoms with van der Waals surface area (Å²) in [5.41, 5.74) is 6.93. The molecular weight excluding hydrogens is 454 g/mol. The molecule has 2 heterocycles. The van der Waals surface area contributed by atoms with Crippen molar-refractivity contribution < 1.29 is 9.53 Å². The van der Waals surface area contributed by atoms with Crippen LogP contribution < -0.4 is 4.74 Å². The number of H-pyrrole nitrogens is 1. The molecule has 0 fully saturated rings. The number of nitrogens with one attached hydrogen (secondary N) is 1. The number of ether oxygens (including phenoxy) is 1. The van der Waals surface area contributed by atoms with Crippen LogP contribution in [0.15, 0.2) is 59.1 Å². The zero-order valence-corrected chi connectivity index (χ0v) is 19.0. The number of aromatic nitrogens is 2. The van der Waals surface area contributed by atoms with Crippen LogP contribution >= 0.6 is 15.9 Å². The molecule has 1 aliphatic rings. The molecule has 0 aliphatic carbocycles. The summed E-state index contributed by atoms with van der Waals surface area (Å²) in [5.74, 6) is 1.74. The van der Waals surface area contributed by atoms with Crippen molar-refractivity contribution in [3.05, 3.63) is 81.6 Å². The summed E-state index contributed by atoms with van der Waals surface area (Å²) < 4.78 is 6.77. The van der Waals surface area contributed by atoms with Crippen molar-refractivity contribution in [2.45, 2.75) is 20.4 Å². The van der Waals surface area contributed by atoms with Gasteiger partial charge in [-0.3, -0.25) is 4.79 Å². The molecule has 5 nitrogen and oxygen atoms in total. The molecule has 3 aromatic carbocycles. The summed E-state index contributed by atoms with van der Waals surface area (Å²) in [6, 6.07) is 18.2. The van der Waals surface area contributed by atoms with Crippen LogP contribution in [0.4, 0.5) is 0 Å². The van der Waals surface area contributed by atoms with Crippen molar-refractivity contribution in [1.82, 2.24) is 14.9 Å². The molecule has 156 valence electrons. The van der Waals surface area contributed by atoms with Gasteiger partial charge < -0.3 is 14.6 Å². The van der Waals surface area contributed by atoms with E-state index in [2.05, 4.69) is 56.2 Å². The van der Waals surface area contributed by atoms with E-state index in [9.17, 15) is 4.79 Å². The average Bonchev–Trinajstić information content (AvgIpc) is 2.98. The van der Waals surface area contributed by atoms with E-state index >= 15 is 0 Å². The third-order valence-corrected chi connectivity index (χ3v) is 6.27. The van der Waals surface area contributed by atoms with Crippen molar-refractivity contribution in [1.29, 1.82) is 0 Å². The number of hydrogen-bond donors (Lipinski definition) is 1. The Morgan fingerprint density at radius 1 is 1.06 bits per heavy atom. The predicted molar refractivity (Wildman–Crippen MR) is 125 cm³/mol. The second-order valence-corrected chi connectivity index (χ2v) is 8.79. The van der Waals surface area contributed by atoms with E-state index in [-0.39, 0.29) is 5.91 Å². The second kappa shape index (κ2) is 7.85. The van der Waals surface area contributed by atoms with E-state index in [1.54, 1.807) is 0 Å². The number of carbonyl (C=O) groups excluding carboxylic acids is 1. The minimum absolute atomic E-state index is 0.00199. The molecule has 0 spiro atoms. The van der Waals surface area contributed by atoms with Gasteiger partial charge in [0.15, 0.2) is 0 Å². The Bertz CT molecular complexity index is 1310. The van der Waals surface area contributed by atoms with Crippen LogP contribution in [-0.4, -0.2) is 33.9 Å². The molecule has 0 unspecified atom stereocenters. The SMILES string of the molecule is Cc1ccc(C(=O)N2CCOc3ccc(-c4ccc5[nH]c(C)nc5c4)cc3C2)c(Br)c1. The van der Waals surface area contributed by atoms with Gasteiger partial charge in [-0.15, -0.1) is 0 Å². The fraction of sp³-hybridized carbons (Fsp3) is 0.200. The summed E-state index contributed by atoms with van der Waals surface area (Å²) in [6.45, 7) is 5.49. The minimum Gasteiger partial charge on any atom is -0.491 e. The maximum absolute atomic E-state index is 13.2. The van der Waals surface area contributed by atoms with Crippen molar-refractivity contribution >= 4 is 32.9 Å². The standard InChI is InChI=1S/C25H22BrN3O2/c1-15-3-6-20(21(26)11-15)25(30)29-9-10-31-24-8-5-17(12-19(24)14-29)18-4-7-22-23(13-18)28-16(2)27-22/h3-8,11-13H,9-10,14H2,1-2H3,(H,27,28). The van der Waals surface area contributed by atoms with Crippen LogP contribution in [0, 0.1) is 13.8 Å². The zero-order valence-electron chi connectivity index (χ0n) is 17.4. The number of carbonyl (C=O) groups is 1. The molecule has 1 amide bonds. The van der Waals surface area contributed by atoms with Gasteiger partial charge in [-0.05, 0) is 82.9 Å². The zero-order chi connectivity index (χ0) is 21.5. The number of amides is 1. The van der Waals surface area contributed by atoms with Gasteiger partial charge in [-0.25, -0.2) is 4.98 Å². The third-order valence-electron chi connectivity index (χ3n) is 5.62. The monoisotopic (exact) mass is 475 g/mol. The number of aromatic amines is 1. The molecule has 1 N–H and O–H groups in total. The molecule has 6 heteroatoms. The lowest BCUT2D eigenvalue weighted by atomic mass is 10.0. The van der Waals surface area contributed by atoms with Crippen LogP contribution in [0.25, 0.3) is 22.2 Å². The number of halogens is 1. The molecule has 4 aromatic rings. The van der Waals surface area contributed by atoms with Gasteiger partial charge in [0.1, 0.15) is 18.2 Å². The number of rotatable bonds is 2. The number of nitrogens with zero attached hydrogens (tertiary/aromatic N) is 2. The maximum Gasteiger partial charge on any atom is 0.255 e. The summed E-state index contributed by atoms with van der Waals surface area (Å²) in [6.07, 6.45) is 0. The summed E-state index contributed by atoms with van der Waals surface area (Å²) >= 11 is 3.54. The van der Waals surface area contributed by atoms with E-state index in [0.717, 1.165) is 49.3 Å². The van der Waals surface area contributed by atoms with Crippen LogP contribution in [0.2, 0.25) is 0 Å². The van der Waals surface area contributed by atoms with E-state index in [4.69, 9.17) is 4.74 Å². The van der Waals surface area contributed by atoms with E-state index in [0.29, 0.717) is 25.3 Å². The Morgan fingerprint density at radius 3 is 2.71 bits per heavy atom. The maximum atomic E-state index is 13.2. The first-order valence-electron chi connectivity index (χ1n) is 10.3.